The normalized spacial score (nSPS) is 20.9. The third-order valence-corrected chi connectivity index (χ3v) is 9.18. The van der Waals surface area contributed by atoms with Gasteiger partial charge in [-0.3, -0.25) is 9.59 Å². The number of esters is 2. The molecule has 0 radical (unpaired) electrons. The van der Waals surface area contributed by atoms with Crippen LogP contribution in [0.15, 0.2) is 97.2 Å². The molecule has 1 fully saturated rings. The lowest BCUT2D eigenvalue weighted by molar-refractivity contribution is -0.298. The van der Waals surface area contributed by atoms with Crippen LogP contribution in [0.3, 0.4) is 0 Å². The summed E-state index contributed by atoms with van der Waals surface area (Å²) < 4.78 is 21.6. The van der Waals surface area contributed by atoms with Crippen LogP contribution in [0.5, 0.6) is 0 Å². The Balaban J connectivity index is 2.46. The molecule has 0 aromatic rings. The van der Waals surface area contributed by atoms with Crippen LogP contribution in [0.25, 0.3) is 0 Å². The Morgan fingerprint density at radius 1 is 0.542 bits per heavy atom. The van der Waals surface area contributed by atoms with Crippen LogP contribution in [0.1, 0.15) is 136 Å². The van der Waals surface area contributed by atoms with E-state index in [-0.39, 0.29) is 19.4 Å². The highest BCUT2D eigenvalue weighted by atomic mass is 16.7. The van der Waals surface area contributed by atoms with Crippen LogP contribution < -0.4 is 0 Å². The molecule has 0 bridgehead atoms. The molecule has 0 aromatic heterocycles. The molecule has 6 atom stereocenters. The fourth-order valence-corrected chi connectivity index (χ4v) is 5.74. The van der Waals surface area contributed by atoms with Crippen LogP contribution in [-0.2, 0) is 33.3 Å². The van der Waals surface area contributed by atoms with Crippen molar-refractivity contribution in [2.45, 2.75) is 173 Å². The van der Waals surface area contributed by atoms with Crippen molar-refractivity contribution in [3.05, 3.63) is 97.2 Å². The monoisotopic (exact) mass is 827 g/mol. The number of carbonyl (C=O) groups is 3. The van der Waals surface area contributed by atoms with Crippen molar-refractivity contribution < 1.29 is 53.8 Å². The van der Waals surface area contributed by atoms with Gasteiger partial charge < -0.3 is 39.4 Å². The number of ether oxygens (including phenoxy) is 4. The first kappa shape index (κ1) is 53.1. The number of carboxylic acid groups (broad SMARTS) is 1. The van der Waals surface area contributed by atoms with Crippen molar-refractivity contribution in [2.24, 2.45) is 0 Å². The van der Waals surface area contributed by atoms with Gasteiger partial charge in [-0.15, -0.1) is 0 Å². The zero-order valence-electron chi connectivity index (χ0n) is 35.7. The predicted molar refractivity (Wildman–Crippen MR) is 233 cm³/mol. The summed E-state index contributed by atoms with van der Waals surface area (Å²) in [6.07, 6.45) is 40.4. The molecule has 59 heavy (non-hydrogen) atoms. The van der Waals surface area contributed by atoms with Crippen LogP contribution in [-0.4, -0.2) is 88.4 Å². The van der Waals surface area contributed by atoms with E-state index in [2.05, 4.69) is 98.9 Å². The highest BCUT2D eigenvalue weighted by Gasteiger charge is 2.47. The van der Waals surface area contributed by atoms with Gasteiger partial charge in [0.25, 0.3) is 0 Å². The van der Waals surface area contributed by atoms with E-state index in [1.165, 1.54) is 12.8 Å². The zero-order valence-corrected chi connectivity index (χ0v) is 35.7. The zero-order chi connectivity index (χ0) is 43.2. The van der Waals surface area contributed by atoms with Gasteiger partial charge in [0, 0.05) is 12.8 Å². The summed E-state index contributed by atoms with van der Waals surface area (Å²) in [5.41, 5.74) is 0. The molecule has 6 unspecified atom stereocenters. The van der Waals surface area contributed by atoms with Gasteiger partial charge in [0.05, 0.1) is 6.61 Å². The molecule has 1 aliphatic rings. The molecule has 11 nitrogen and oxygen atoms in total. The van der Waals surface area contributed by atoms with E-state index in [4.69, 9.17) is 18.9 Å². The van der Waals surface area contributed by atoms with Crippen LogP contribution in [0, 0.1) is 0 Å². The number of carbonyl (C=O) groups excluding carboxylic acids is 2. The van der Waals surface area contributed by atoms with Crippen molar-refractivity contribution in [1.29, 1.82) is 0 Å². The molecule has 1 aliphatic heterocycles. The Kier molecular flexibility index (Phi) is 33.5. The maximum Gasteiger partial charge on any atom is 0.335 e. The summed E-state index contributed by atoms with van der Waals surface area (Å²) in [6.45, 7) is 3.55. The van der Waals surface area contributed by atoms with Gasteiger partial charge in [0.15, 0.2) is 18.5 Å². The van der Waals surface area contributed by atoms with Crippen LogP contribution in [0.4, 0.5) is 0 Å². The second-order valence-corrected chi connectivity index (χ2v) is 14.4. The smallest absolute Gasteiger partial charge is 0.335 e. The quantitative estimate of drug-likeness (QED) is 0.0277. The summed E-state index contributed by atoms with van der Waals surface area (Å²) in [7, 11) is 0. The SMILES string of the molecule is CC/C=C\C/C=C\C/C=C\C/C=C\C/C=C\C/C=C\CCC(=O)OCC(COC1OC(C(=O)O)C(O)C(O)C1O)OC(=O)CCCCCCC/C=C\C/C=C\CCCC. The summed E-state index contributed by atoms with van der Waals surface area (Å²) >= 11 is 0. The maximum atomic E-state index is 12.7. The Labute approximate surface area is 353 Å². The number of aliphatic hydroxyl groups is 3. The molecule has 1 heterocycles. The molecule has 332 valence electrons. The average Bonchev–Trinajstić information content (AvgIpc) is 3.22. The third kappa shape index (κ3) is 29.1. The Hall–Kier alpha value is -3.87. The topological polar surface area (TPSA) is 169 Å². The molecule has 0 aliphatic carbocycles. The van der Waals surface area contributed by atoms with E-state index in [0.29, 0.717) is 12.8 Å². The fourth-order valence-electron chi connectivity index (χ4n) is 5.74. The predicted octanol–water partition coefficient (Wildman–Crippen LogP) is 9.25. The lowest BCUT2D eigenvalue weighted by atomic mass is 9.99. The summed E-state index contributed by atoms with van der Waals surface area (Å²) in [5, 5.41) is 39.8. The Morgan fingerprint density at radius 2 is 1.03 bits per heavy atom. The van der Waals surface area contributed by atoms with E-state index >= 15 is 0 Å². The first-order chi connectivity index (χ1) is 28.7. The number of unbranched alkanes of at least 4 members (excludes halogenated alkanes) is 7. The second kappa shape index (κ2) is 37.2. The van der Waals surface area contributed by atoms with Gasteiger partial charge in [0.1, 0.15) is 24.9 Å². The fraction of sp³-hybridized carbons (Fsp3) is 0.604. The van der Waals surface area contributed by atoms with Gasteiger partial charge in [-0.25, -0.2) is 4.79 Å². The highest BCUT2D eigenvalue weighted by Crippen LogP contribution is 2.23. The van der Waals surface area contributed by atoms with Crippen molar-refractivity contribution in [3.63, 3.8) is 0 Å². The van der Waals surface area contributed by atoms with E-state index in [0.717, 1.165) is 83.5 Å². The Morgan fingerprint density at radius 3 is 1.58 bits per heavy atom. The average molecular weight is 827 g/mol. The number of allylic oxidation sites excluding steroid dienone is 16. The molecule has 0 spiro atoms. The van der Waals surface area contributed by atoms with Crippen molar-refractivity contribution in [2.75, 3.05) is 13.2 Å². The number of aliphatic carboxylic acids is 1. The molecule has 1 saturated heterocycles. The van der Waals surface area contributed by atoms with E-state index < -0.39 is 61.3 Å². The van der Waals surface area contributed by atoms with E-state index in [1.54, 1.807) is 0 Å². The number of rotatable bonds is 34. The lowest BCUT2D eigenvalue weighted by Gasteiger charge is -2.38. The van der Waals surface area contributed by atoms with Crippen molar-refractivity contribution >= 4 is 17.9 Å². The number of hydrogen-bond donors (Lipinski definition) is 4. The van der Waals surface area contributed by atoms with Crippen LogP contribution >= 0.6 is 0 Å². The minimum Gasteiger partial charge on any atom is -0.479 e. The molecule has 11 heteroatoms. The maximum absolute atomic E-state index is 12.7. The van der Waals surface area contributed by atoms with Gasteiger partial charge in [0.2, 0.25) is 0 Å². The van der Waals surface area contributed by atoms with Gasteiger partial charge in [-0.1, -0.05) is 143 Å². The molecule has 0 aromatic carbocycles. The summed E-state index contributed by atoms with van der Waals surface area (Å²) in [4.78, 5) is 36.8. The first-order valence-electron chi connectivity index (χ1n) is 21.8. The van der Waals surface area contributed by atoms with Crippen molar-refractivity contribution in [3.8, 4) is 0 Å². The second-order valence-electron chi connectivity index (χ2n) is 14.4. The van der Waals surface area contributed by atoms with Crippen molar-refractivity contribution in [1.82, 2.24) is 0 Å². The molecule has 0 amide bonds. The number of aliphatic hydroxyl groups excluding tert-OH is 3. The standard InChI is InChI=1S/C48H74O11/c1-3-5-7-9-11-13-15-17-19-20-21-22-23-25-26-28-30-32-34-36-41(49)56-38-40(39-57-48-45(53)43(51)44(52)46(59-48)47(54)55)58-42(50)37-35-33-31-29-27-24-18-16-14-12-10-8-6-4-2/h5,7,10-13,16-19,21-22,25-26,30,32,40,43-46,48,51-53H,3-4,6,8-9,14-15,20,23-24,27-29,31,33-39H2,1-2H3,(H,54,55)/b7-5-,12-10-,13-11-,18-16-,19-17-,22-21-,26-25-,32-30-. The lowest BCUT2D eigenvalue weighted by Crippen LogP contribution is -2.60. The molecular weight excluding hydrogens is 753 g/mol. The summed E-state index contributed by atoms with van der Waals surface area (Å²) in [5.74, 6) is -2.59. The molecule has 1 rings (SSSR count). The number of hydrogen-bond acceptors (Lipinski definition) is 10. The molecule has 0 saturated carbocycles. The Bertz CT molecular complexity index is 1340. The minimum atomic E-state index is -1.88. The minimum absolute atomic E-state index is 0.102. The van der Waals surface area contributed by atoms with Gasteiger partial charge >= 0.3 is 17.9 Å². The molecule has 4 N–H and O–H groups in total. The first-order valence-corrected chi connectivity index (χ1v) is 21.8. The van der Waals surface area contributed by atoms with E-state index in [9.17, 15) is 34.8 Å². The highest BCUT2D eigenvalue weighted by molar-refractivity contribution is 5.73. The van der Waals surface area contributed by atoms with Crippen LogP contribution in [0.2, 0.25) is 0 Å². The largest absolute Gasteiger partial charge is 0.479 e. The third-order valence-electron chi connectivity index (χ3n) is 9.18. The van der Waals surface area contributed by atoms with Gasteiger partial charge in [-0.2, -0.15) is 0 Å². The van der Waals surface area contributed by atoms with Gasteiger partial charge in [-0.05, 0) is 77.0 Å². The molecular formula is C48H74O11. The number of carboxylic acids is 1. The van der Waals surface area contributed by atoms with E-state index in [1.807, 2.05) is 12.2 Å². The summed E-state index contributed by atoms with van der Waals surface area (Å²) in [6, 6.07) is 0.